The summed E-state index contributed by atoms with van der Waals surface area (Å²) in [6.45, 7) is 11.8. The van der Waals surface area contributed by atoms with Gasteiger partial charge in [0.05, 0.1) is 0 Å². The van der Waals surface area contributed by atoms with Crippen LogP contribution in [0.3, 0.4) is 0 Å². The van der Waals surface area contributed by atoms with E-state index in [1.54, 1.807) is 6.33 Å². The van der Waals surface area contributed by atoms with Crippen molar-refractivity contribution in [2.75, 3.05) is 53.2 Å². The third kappa shape index (κ3) is 3.91. The zero-order valence-electron chi connectivity index (χ0n) is 18.8. The molecule has 0 spiro atoms. The fourth-order valence-corrected chi connectivity index (χ4v) is 6.60. The monoisotopic (exact) mass is 440 g/mol. The fraction of sp³-hybridized carbons (Fsp3) is 0.583. The van der Waals surface area contributed by atoms with Crippen molar-refractivity contribution in [1.82, 2.24) is 9.97 Å². The molecule has 2 aliphatic heterocycles. The Balaban J connectivity index is 1.34. The first-order valence-electron chi connectivity index (χ1n) is 11.4. The van der Waals surface area contributed by atoms with Crippen molar-refractivity contribution in [2.24, 2.45) is 10.8 Å². The molecule has 2 aromatic rings. The number of piperazine rings is 1. The van der Waals surface area contributed by atoms with E-state index in [1.807, 2.05) is 18.2 Å². The Labute approximate surface area is 190 Å². The molecular formula is C24H33ClN6. The molecule has 7 heteroatoms. The minimum absolute atomic E-state index is 0.340. The van der Waals surface area contributed by atoms with Gasteiger partial charge in [-0.05, 0) is 48.3 Å². The second-order valence-electron chi connectivity index (χ2n) is 10.7. The lowest BCUT2D eigenvalue weighted by Gasteiger charge is -2.39. The fourth-order valence-electron chi connectivity index (χ4n) is 6.42. The molecule has 1 saturated carbocycles. The maximum Gasteiger partial charge on any atom is 0.157 e. The lowest BCUT2D eigenvalue weighted by atomic mass is 9.65. The topological polar surface area (TPSA) is 61.5 Å². The molecule has 3 heterocycles. The van der Waals surface area contributed by atoms with Crippen molar-refractivity contribution in [3.05, 3.63) is 35.6 Å². The summed E-state index contributed by atoms with van der Waals surface area (Å²) >= 11 is 6.18. The SMILES string of the molecule is CC1(C)CC2CC(C)(CN2c2ncnc(N3CCN(c4cccc(Cl)c4)CC3)c2N)C1. The van der Waals surface area contributed by atoms with Gasteiger partial charge in [-0.1, -0.05) is 38.4 Å². The Morgan fingerprint density at radius 2 is 1.71 bits per heavy atom. The summed E-state index contributed by atoms with van der Waals surface area (Å²) in [5, 5.41) is 0.775. The standard InChI is InChI=1S/C24H33ClN6/c1-23(2)12-19-13-24(3,14-23)15-31(19)22-20(26)21(27-16-28-22)30-9-7-29(8-10-30)18-6-4-5-17(25)11-18/h4-6,11,16,19H,7-10,12-15,26H2,1-3H3. The van der Waals surface area contributed by atoms with Gasteiger partial charge in [0.15, 0.2) is 11.6 Å². The van der Waals surface area contributed by atoms with E-state index in [1.165, 1.54) is 24.9 Å². The number of hydrogen-bond acceptors (Lipinski definition) is 6. The predicted molar refractivity (Wildman–Crippen MR) is 129 cm³/mol. The first kappa shape index (κ1) is 20.7. The van der Waals surface area contributed by atoms with Crippen LogP contribution in [-0.4, -0.2) is 48.7 Å². The Bertz CT molecular complexity index is 970. The molecule has 6 nitrogen and oxygen atoms in total. The highest BCUT2D eigenvalue weighted by Crippen LogP contribution is 2.54. The van der Waals surface area contributed by atoms with Crippen LogP contribution >= 0.6 is 11.6 Å². The average molecular weight is 441 g/mol. The maximum atomic E-state index is 6.71. The van der Waals surface area contributed by atoms with Crippen molar-refractivity contribution in [1.29, 1.82) is 0 Å². The summed E-state index contributed by atoms with van der Waals surface area (Å²) in [5.41, 5.74) is 9.32. The van der Waals surface area contributed by atoms with Gasteiger partial charge in [0.25, 0.3) is 0 Å². The van der Waals surface area contributed by atoms with Gasteiger partial charge in [-0.15, -0.1) is 0 Å². The van der Waals surface area contributed by atoms with E-state index in [0.717, 1.165) is 55.1 Å². The Hall–Kier alpha value is -2.21. The first-order chi connectivity index (χ1) is 14.7. The lowest BCUT2D eigenvalue weighted by molar-refractivity contribution is 0.136. The molecule has 166 valence electrons. The van der Waals surface area contributed by atoms with Crippen LogP contribution in [0.15, 0.2) is 30.6 Å². The van der Waals surface area contributed by atoms with Gasteiger partial charge in [0, 0.05) is 49.5 Å². The van der Waals surface area contributed by atoms with Crippen LogP contribution in [0.4, 0.5) is 23.0 Å². The molecule has 2 unspecified atom stereocenters. The molecule has 0 radical (unpaired) electrons. The van der Waals surface area contributed by atoms with E-state index in [9.17, 15) is 0 Å². The number of benzene rings is 1. The van der Waals surface area contributed by atoms with E-state index < -0.39 is 0 Å². The Morgan fingerprint density at radius 3 is 2.45 bits per heavy atom. The zero-order valence-corrected chi connectivity index (χ0v) is 19.6. The van der Waals surface area contributed by atoms with Crippen LogP contribution < -0.4 is 20.4 Å². The molecule has 2 bridgehead atoms. The number of aromatic nitrogens is 2. The van der Waals surface area contributed by atoms with Gasteiger partial charge >= 0.3 is 0 Å². The number of nitrogens with zero attached hydrogens (tertiary/aromatic N) is 5. The molecule has 5 rings (SSSR count). The normalized spacial score (nSPS) is 27.6. The number of anilines is 4. The van der Waals surface area contributed by atoms with Gasteiger partial charge in [0.2, 0.25) is 0 Å². The minimum Gasteiger partial charge on any atom is -0.393 e. The van der Waals surface area contributed by atoms with Crippen LogP contribution in [0.2, 0.25) is 5.02 Å². The number of nitrogen functional groups attached to an aromatic ring is 1. The highest BCUT2D eigenvalue weighted by Gasteiger charge is 2.50. The molecule has 3 fully saturated rings. The lowest BCUT2D eigenvalue weighted by Crippen LogP contribution is -2.47. The van der Waals surface area contributed by atoms with E-state index in [2.05, 4.69) is 51.5 Å². The van der Waals surface area contributed by atoms with Crippen molar-refractivity contribution in [2.45, 2.75) is 46.1 Å². The average Bonchev–Trinajstić information content (AvgIpc) is 2.97. The maximum absolute atomic E-state index is 6.71. The molecule has 3 aliphatic rings. The number of hydrogen-bond donors (Lipinski definition) is 1. The number of halogens is 1. The molecule has 31 heavy (non-hydrogen) atoms. The Morgan fingerprint density at radius 1 is 1.00 bits per heavy atom. The summed E-state index contributed by atoms with van der Waals surface area (Å²) < 4.78 is 0. The van der Waals surface area contributed by atoms with Gasteiger partial charge in [0.1, 0.15) is 12.0 Å². The summed E-state index contributed by atoms with van der Waals surface area (Å²) in [6.07, 6.45) is 5.38. The van der Waals surface area contributed by atoms with Crippen LogP contribution in [-0.2, 0) is 0 Å². The van der Waals surface area contributed by atoms with Crippen LogP contribution in [0.25, 0.3) is 0 Å². The number of rotatable bonds is 3. The van der Waals surface area contributed by atoms with Crippen LogP contribution in [0, 0.1) is 10.8 Å². The molecular weight excluding hydrogens is 408 g/mol. The Kier molecular flexibility index (Phi) is 4.96. The van der Waals surface area contributed by atoms with Gasteiger partial charge in [-0.3, -0.25) is 0 Å². The van der Waals surface area contributed by atoms with Crippen LogP contribution in [0.1, 0.15) is 40.0 Å². The van der Waals surface area contributed by atoms with Gasteiger partial charge in [-0.25, -0.2) is 9.97 Å². The minimum atomic E-state index is 0.340. The zero-order chi connectivity index (χ0) is 21.8. The third-order valence-corrected chi connectivity index (χ3v) is 7.52. The van der Waals surface area contributed by atoms with Gasteiger partial charge < -0.3 is 20.4 Å². The highest BCUT2D eigenvalue weighted by atomic mass is 35.5. The van der Waals surface area contributed by atoms with E-state index in [-0.39, 0.29) is 0 Å². The van der Waals surface area contributed by atoms with Crippen molar-refractivity contribution in [3.63, 3.8) is 0 Å². The quantitative estimate of drug-likeness (QED) is 0.761. The summed E-state index contributed by atoms with van der Waals surface area (Å²) in [4.78, 5) is 16.4. The van der Waals surface area contributed by atoms with Crippen molar-refractivity contribution < 1.29 is 0 Å². The second-order valence-corrected chi connectivity index (χ2v) is 11.2. The molecule has 2 atom stereocenters. The highest BCUT2D eigenvalue weighted by molar-refractivity contribution is 6.30. The van der Waals surface area contributed by atoms with E-state index >= 15 is 0 Å². The first-order valence-corrected chi connectivity index (χ1v) is 11.7. The summed E-state index contributed by atoms with van der Waals surface area (Å²) in [6, 6.07) is 8.58. The molecule has 2 N–H and O–H groups in total. The molecule has 1 aromatic carbocycles. The largest absolute Gasteiger partial charge is 0.393 e. The summed E-state index contributed by atoms with van der Waals surface area (Å²) in [5.74, 6) is 1.80. The molecule has 1 aromatic heterocycles. The molecule has 1 aliphatic carbocycles. The van der Waals surface area contributed by atoms with Crippen molar-refractivity contribution in [3.8, 4) is 0 Å². The van der Waals surface area contributed by atoms with Gasteiger partial charge in [-0.2, -0.15) is 0 Å². The number of nitrogens with two attached hydrogens (primary N) is 1. The smallest absolute Gasteiger partial charge is 0.157 e. The molecule has 0 amide bonds. The van der Waals surface area contributed by atoms with E-state index in [4.69, 9.17) is 17.3 Å². The summed E-state index contributed by atoms with van der Waals surface area (Å²) in [7, 11) is 0. The predicted octanol–water partition coefficient (Wildman–Crippen LogP) is 4.44. The second kappa shape index (κ2) is 7.44. The number of fused-ring (bicyclic) bond motifs is 2. The van der Waals surface area contributed by atoms with E-state index in [0.29, 0.717) is 16.9 Å². The van der Waals surface area contributed by atoms with Crippen LogP contribution in [0.5, 0.6) is 0 Å². The third-order valence-electron chi connectivity index (χ3n) is 7.28. The van der Waals surface area contributed by atoms with Crippen molar-refractivity contribution >= 4 is 34.6 Å². The molecule has 2 saturated heterocycles.